The summed E-state index contributed by atoms with van der Waals surface area (Å²) in [6.45, 7) is -14.8. The monoisotopic (exact) mass is 299 g/mol. The van der Waals surface area contributed by atoms with E-state index in [1.165, 1.54) is 24.6 Å². The molecule has 1 heterocycles. The van der Waals surface area contributed by atoms with Gasteiger partial charge in [-0.3, -0.25) is 0 Å². The summed E-state index contributed by atoms with van der Waals surface area (Å²) < 4.78 is 135. The number of hydrogen-bond acceptors (Lipinski definition) is 0. The molecule has 0 bridgehead atoms. The van der Waals surface area contributed by atoms with Gasteiger partial charge >= 0.3 is 0 Å². The fraction of sp³-hybridized carbons (Fsp3) is 0.450. The number of pyridine rings is 1. The fourth-order valence-electron chi connectivity index (χ4n) is 2.23. The van der Waals surface area contributed by atoms with Crippen molar-refractivity contribution in [1.82, 2.24) is 0 Å². The fourth-order valence-corrected chi connectivity index (χ4v) is 2.23. The number of benzene rings is 1. The highest BCUT2D eigenvalue weighted by Crippen LogP contribution is 2.28. The standard InChI is InChI=1S/C20H28N/c1-13(2)17-8-9-20(21(7)12-17)19-11-15(5)18(14(3)4)10-16(19)6/h8-14H,1-7H3/q+1/i1D3,2D3,3D3,4D3,5D3,13D,14D. The third-order valence-electron chi connectivity index (χ3n) is 3.33. The van der Waals surface area contributed by atoms with E-state index in [4.69, 9.17) is 23.3 Å². The Kier molecular flexibility index (Phi) is 1.34. The van der Waals surface area contributed by atoms with Crippen LogP contribution in [-0.2, 0) is 7.05 Å². The second-order valence-electron chi connectivity index (χ2n) is 4.88. The van der Waals surface area contributed by atoms with Gasteiger partial charge in [0.25, 0.3) is 0 Å². The first-order valence-corrected chi connectivity index (χ1v) is 6.28. The normalized spacial score (nSPS) is 27.4. The van der Waals surface area contributed by atoms with Crippen LogP contribution in [0, 0.1) is 13.8 Å². The van der Waals surface area contributed by atoms with E-state index in [-0.39, 0.29) is 22.4 Å². The molecule has 112 valence electrons. The Morgan fingerprint density at radius 2 is 1.81 bits per heavy atom. The molecule has 0 aliphatic carbocycles. The molecule has 0 aliphatic rings. The van der Waals surface area contributed by atoms with Crippen LogP contribution in [0.25, 0.3) is 11.3 Å². The smallest absolute Gasteiger partial charge is 0.201 e. The van der Waals surface area contributed by atoms with Crippen LogP contribution in [-0.4, -0.2) is 0 Å². The summed E-state index contributed by atoms with van der Waals surface area (Å²) in [5.41, 5.74) is -1.07. The minimum Gasteiger partial charge on any atom is -0.201 e. The second-order valence-corrected chi connectivity index (χ2v) is 4.88. The number of hydrogen-bond donors (Lipinski definition) is 0. The van der Waals surface area contributed by atoms with Crippen LogP contribution in [0.15, 0.2) is 30.5 Å². The van der Waals surface area contributed by atoms with Crippen molar-refractivity contribution in [2.75, 3.05) is 0 Å². The molecule has 0 unspecified atom stereocenters. The molecule has 1 heteroatoms. The third kappa shape index (κ3) is 3.18. The molecular weight excluding hydrogens is 254 g/mol. The molecule has 1 aromatic heterocycles. The third-order valence-corrected chi connectivity index (χ3v) is 3.33. The lowest BCUT2D eigenvalue weighted by Gasteiger charge is -2.14. The van der Waals surface area contributed by atoms with E-state index < -0.39 is 57.2 Å². The van der Waals surface area contributed by atoms with Crippen molar-refractivity contribution in [3.05, 3.63) is 52.7 Å². The predicted molar refractivity (Wildman–Crippen MR) is 90.7 cm³/mol. The Morgan fingerprint density at radius 1 is 1.05 bits per heavy atom. The molecule has 0 N–H and O–H groups in total. The molecule has 2 aromatic rings. The van der Waals surface area contributed by atoms with E-state index in [0.717, 1.165) is 24.4 Å². The Labute approximate surface area is 153 Å². The number of aromatic nitrogens is 1. The maximum Gasteiger partial charge on any atom is 0.212 e. The SMILES string of the molecule is [2H]C([2H])([2H])c1cc(-c2ccc(C([2H])(C([2H])([2H])[2H])C([2H])([2H])[2H])c[n+]2C)c(C)cc1C([2H])(C([2H])([2H])[2H])C([2H])([2H])[2H]. The average molecular weight is 300 g/mol. The summed E-state index contributed by atoms with van der Waals surface area (Å²) in [6, 6.07) is 4.53. The van der Waals surface area contributed by atoms with Gasteiger partial charge in [0.2, 0.25) is 5.69 Å². The van der Waals surface area contributed by atoms with Gasteiger partial charge in [-0.05, 0) is 54.4 Å². The van der Waals surface area contributed by atoms with E-state index in [2.05, 4.69) is 0 Å². The summed E-state index contributed by atoms with van der Waals surface area (Å²) >= 11 is 0. The van der Waals surface area contributed by atoms with Crippen LogP contribution in [0.3, 0.4) is 0 Å². The van der Waals surface area contributed by atoms with Crippen LogP contribution < -0.4 is 4.57 Å². The first-order valence-electron chi connectivity index (χ1n) is 14.8. The first-order chi connectivity index (χ1) is 16.6. The molecular formula is C20H28N+. The maximum absolute atomic E-state index is 8.51. The van der Waals surface area contributed by atoms with Gasteiger partial charge in [0, 0.05) is 40.5 Å². The van der Waals surface area contributed by atoms with Crippen LogP contribution in [0.2, 0.25) is 0 Å². The molecule has 0 aliphatic heterocycles. The van der Waals surface area contributed by atoms with Gasteiger partial charge in [-0.15, -0.1) is 0 Å². The molecule has 1 aromatic carbocycles. The van der Waals surface area contributed by atoms with Crippen molar-refractivity contribution in [3.63, 3.8) is 0 Å². The van der Waals surface area contributed by atoms with Gasteiger partial charge in [0.1, 0.15) is 7.05 Å². The van der Waals surface area contributed by atoms with Crippen LogP contribution in [0.5, 0.6) is 0 Å². The van der Waals surface area contributed by atoms with Crippen molar-refractivity contribution >= 4 is 0 Å². The summed E-state index contributed by atoms with van der Waals surface area (Å²) in [5, 5.41) is 0. The minimum absolute atomic E-state index is 0.186. The highest BCUT2D eigenvalue weighted by atomic mass is 14.9. The van der Waals surface area contributed by atoms with Gasteiger partial charge in [-0.25, -0.2) is 4.57 Å². The number of rotatable bonds is 3. The molecule has 0 atom stereocenters. The van der Waals surface area contributed by atoms with E-state index in [1.807, 2.05) is 0 Å². The van der Waals surface area contributed by atoms with Crippen LogP contribution in [0.1, 0.15) is 84.8 Å². The Bertz CT molecular complexity index is 1170. The van der Waals surface area contributed by atoms with Crippen molar-refractivity contribution in [2.24, 2.45) is 7.05 Å². The van der Waals surface area contributed by atoms with Crippen molar-refractivity contribution in [2.45, 2.75) is 53.0 Å². The zero-order valence-corrected chi connectivity index (χ0v) is 11.8. The predicted octanol–water partition coefficient (Wildman–Crippen LogP) is 5.04. The first kappa shape index (κ1) is 4.68. The summed E-state index contributed by atoms with van der Waals surface area (Å²) in [5.74, 6) is -6.23. The highest BCUT2D eigenvalue weighted by molar-refractivity contribution is 5.63. The molecule has 1 nitrogen and oxygen atoms in total. The Morgan fingerprint density at radius 3 is 2.43 bits per heavy atom. The van der Waals surface area contributed by atoms with Crippen molar-refractivity contribution in [3.8, 4) is 11.3 Å². The molecule has 0 saturated carbocycles. The summed E-state index contributed by atoms with van der Waals surface area (Å²) in [6.07, 6.45) is 1.13. The van der Waals surface area contributed by atoms with Crippen LogP contribution >= 0.6 is 0 Å². The molecule has 2 rings (SSSR count). The van der Waals surface area contributed by atoms with Crippen LogP contribution in [0.4, 0.5) is 0 Å². The van der Waals surface area contributed by atoms with E-state index in [1.54, 1.807) is 0 Å². The van der Waals surface area contributed by atoms with Gasteiger partial charge in [0.15, 0.2) is 6.20 Å². The lowest BCUT2D eigenvalue weighted by molar-refractivity contribution is -0.660. The number of aryl methyl sites for hydroxylation is 3. The summed E-state index contributed by atoms with van der Waals surface area (Å²) in [7, 11) is 1.42. The van der Waals surface area contributed by atoms with Gasteiger partial charge in [0.05, 0.1) is 0 Å². The highest BCUT2D eigenvalue weighted by Gasteiger charge is 2.16. The number of nitrogens with zero attached hydrogens (tertiary/aromatic N) is 1. The second kappa shape index (κ2) is 6.01. The van der Waals surface area contributed by atoms with E-state index in [0.29, 0.717) is 0 Å². The lowest BCUT2D eigenvalue weighted by atomic mass is 9.91. The molecule has 0 radical (unpaired) electrons. The molecule has 0 spiro atoms. The van der Waals surface area contributed by atoms with Gasteiger partial charge in [-0.1, -0.05) is 33.5 Å². The quantitative estimate of drug-likeness (QED) is 0.699. The molecule has 0 fully saturated rings. The van der Waals surface area contributed by atoms with Crippen molar-refractivity contribution in [1.29, 1.82) is 0 Å². The van der Waals surface area contributed by atoms with Gasteiger partial charge < -0.3 is 0 Å². The maximum atomic E-state index is 8.51. The zero-order valence-electron chi connectivity index (χ0n) is 28.8. The van der Waals surface area contributed by atoms with E-state index >= 15 is 0 Å². The Hall–Kier alpha value is -1.63. The Balaban J connectivity index is 2.92. The largest absolute Gasteiger partial charge is 0.212 e. The van der Waals surface area contributed by atoms with Gasteiger partial charge in [-0.2, -0.15) is 0 Å². The topological polar surface area (TPSA) is 3.88 Å². The van der Waals surface area contributed by atoms with E-state index in [9.17, 15) is 0 Å². The summed E-state index contributed by atoms with van der Waals surface area (Å²) in [4.78, 5) is 0. The molecule has 0 saturated heterocycles. The van der Waals surface area contributed by atoms with Crippen molar-refractivity contribution < 1.29 is 27.9 Å². The average Bonchev–Trinajstić information content (AvgIpc) is 2.68. The molecule has 0 amide bonds. The molecule has 21 heavy (non-hydrogen) atoms. The zero-order chi connectivity index (χ0) is 30.1. The lowest BCUT2D eigenvalue weighted by Crippen LogP contribution is -2.31. The minimum atomic E-state index is -3.42.